The Kier molecular flexibility index (Phi) is 5.48. The average molecular weight is 350 g/mol. The van der Waals surface area contributed by atoms with E-state index in [2.05, 4.69) is 15.5 Å². The molecule has 1 fully saturated rings. The monoisotopic (exact) mass is 349 g/mol. The second kappa shape index (κ2) is 7.77. The lowest BCUT2D eigenvalue weighted by molar-refractivity contribution is -0.120. The maximum absolute atomic E-state index is 11.6. The fourth-order valence-electron chi connectivity index (χ4n) is 2.90. The summed E-state index contributed by atoms with van der Waals surface area (Å²) >= 11 is 5.89. The number of carbonyl (C=O) groups is 1. The molecule has 2 aromatic rings. The van der Waals surface area contributed by atoms with Crippen molar-refractivity contribution >= 4 is 17.5 Å². The summed E-state index contributed by atoms with van der Waals surface area (Å²) in [5.74, 6) is 1.19. The van der Waals surface area contributed by atoms with Crippen LogP contribution in [-0.2, 0) is 16.0 Å². The van der Waals surface area contributed by atoms with Gasteiger partial charge in [0.25, 0.3) is 0 Å². The van der Waals surface area contributed by atoms with E-state index in [-0.39, 0.29) is 17.9 Å². The van der Waals surface area contributed by atoms with E-state index in [1.165, 1.54) is 6.92 Å². The molecule has 1 aliphatic heterocycles. The van der Waals surface area contributed by atoms with Gasteiger partial charge in [-0.2, -0.15) is 4.98 Å². The lowest BCUT2D eigenvalue weighted by Crippen LogP contribution is -2.35. The van der Waals surface area contributed by atoms with Gasteiger partial charge < -0.3 is 14.6 Å². The van der Waals surface area contributed by atoms with Crippen molar-refractivity contribution in [2.45, 2.75) is 32.2 Å². The van der Waals surface area contributed by atoms with Crippen LogP contribution in [0.2, 0.25) is 5.02 Å². The van der Waals surface area contributed by atoms with E-state index in [0.717, 1.165) is 18.4 Å². The largest absolute Gasteiger partial charge is 0.381 e. The highest BCUT2D eigenvalue weighted by atomic mass is 35.5. The van der Waals surface area contributed by atoms with Gasteiger partial charge in [-0.3, -0.25) is 4.79 Å². The summed E-state index contributed by atoms with van der Waals surface area (Å²) in [6.07, 6.45) is 2.28. The quantitative estimate of drug-likeness (QED) is 0.898. The molecule has 1 aromatic heterocycles. The second-order valence-electron chi connectivity index (χ2n) is 5.98. The summed E-state index contributed by atoms with van der Waals surface area (Å²) in [5.41, 5.74) is 1.05. The third-order valence-electron chi connectivity index (χ3n) is 4.12. The van der Waals surface area contributed by atoms with Gasteiger partial charge >= 0.3 is 0 Å². The standard InChI is InChI=1S/C17H20ClN3O3/c1-11(22)19-16(13-6-8-23-9-7-13)17-20-15(21-24-17)10-12-2-4-14(18)5-3-12/h2-5,13,16H,6-10H2,1H3,(H,19,22)/t16-/m0/s1. The molecule has 1 N–H and O–H groups in total. The van der Waals surface area contributed by atoms with E-state index >= 15 is 0 Å². The molecule has 128 valence electrons. The van der Waals surface area contributed by atoms with E-state index < -0.39 is 0 Å². The van der Waals surface area contributed by atoms with Crippen molar-refractivity contribution in [1.82, 2.24) is 15.5 Å². The number of rotatable bonds is 5. The minimum absolute atomic E-state index is 0.107. The molecule has 1 aliphatic rings. The third kappa shape index (κ3) is 4.33. The van der Waals surface area contributed by atoms with Crippen molar-refractivity contribution in [2.75, 3.05) is 13.2 Å². The Morgan fingerprint density at radius 3 is 2.71 bits per heavy atom. The van der Waals surface area contributed by atoms with Gasteiger partial charge in [-0.1, -0.05) is 28.9 Å². The molecule has 0 spiro atoms. The van der Waals surface area contributed by atoms with Crippen LogP contribution in [0.25, 0.3) is 0 Å². The first-order valence-electron chi connectivity index (χ1n) is 8.03. The molecule has 0 aliphatic carbocycles. The Balaban J connectivity index is 1.74. The second-order valence-corrected chi connectivity index (χ2v) is 6.42. The van der Waals surface area contributed by atoms with Gasteiger partial charge in [0.15, 0.2) is 5.82 Å². The molecule has 0 bridgehead atoms. The Morgan fingerprint density at radius 1 is 1.33 bits per heavy atom. The summed E-state index contributed by atoms with van der Waals surface area (Å²) in [6, 6.07) is 7.27. The molecular formula is C17H20ClN3O3. The van der Waals surface area contributed by atoms with Crippen LogP contribution >= 0.6 is 11.6 Å². The summed E-state index contributed by atoms with van der Waals surface area (Å²) in [5, 5.41) is 7.69. The minimum Gasteiger partial charge on any atom is -0.381 e. The number of hydrogen-bond acceptors (Lipinski definition) is 5. The number of hydrogen-bond donors (Lipinski definition) is 1. The Labute approximate surface area is 145 Å². The van der Waals surface area contributed by atoms with Crippen molar-refractivity contribution < 1.29 is 14.1 Å². The number of aromatic nitrogens is 2. The Bertz CT molecular complexity index is 681. The van der Waals surface area contributed by atoms with Crippen LogP contribution in [-0.4, -0.2) is 29.3 Å². The van der Waals surface area contributed by atoms with E-state index in [0.29, 0.717) is 36.4 Å². The first-order chi connectivity index (χ1) is 11.6. The van der Waals surface area contributed by atoms with Gasteiger partial charge in [-0.25, -0.2) is 0 Å². The molecule has 7 heteroatoms. The van der Waals surface area contributed by atoms with Gasteiger partial charge in [0.1, 0.15) is 6.04 Å². The van der Waals surface area contributed by atoms with Gasteiger partial charge in [-0.15, -0.1) is 0 Å². The van der Waals surface area contributed by atoms with Gasteiger partial charge in [-0.05, 0) is 36.5 Å². The predicted molar refractivity (Wildman–Crippen MR) is 88.7 cm³/mol. The molecule has 0 radical (unpaired) electrons. The zero-order chi connectivity index (χ0) is 16.9. The Morgan fingerprint density at radius 2 is 2.04 bits per heavy atom. The topological polar surface area (TPSA) is 77.3 Å². The van der Waals surface area contributed by atoms with Gasteiger partial charge in [0.05, 0.1) is 0 Å². The average Bonchev–Trinajstić information content (AvgIpc) is 3.04. The molecular weight excluding hydrogens is 330 g/mol. The fourth-order valence-corrected chi connectivity index (χ4v) is 3.03. The normalized spacial score (nSPS) is 16.8. The first kappa shape index (κ1) is 16.9. The van der Waals surface area contributed by atoms with E-state index in [1.54, 1.807) is 0 Å². The first-order valence-corrected chi connectivity index (χ1v) is 8.41. The van der Waals surface area contributed by atoms with E-state index in [9.17, 15) is 4.79 Å². The summed E-state index contributed by atoms with van der Waals surface area (Å²) in [6.45, 7) is 2.87. The van der Waals surface area contributed by atoms with Gasteiger partial charge in [0, 0.05) is 31.6 Å². The fraction of sp³-hybridized carbons (Fsp3) is 0.471. The molecule has 0 saturated carbocycles. The van der Waals surface area contributed by atoms with Crippen LogP contribution in [0.3, 0.4) is 0 Å². The van der Waals surface area contributed by atoms with Crippen LogP contribution in [0.4, 0.5) is 0 Å². The van der Waals surface area contributed by atoms with E-state index in [4.69, 9.17) is 20.9 Å². The van der Waals surface area contributed by atoms with Crippen LogP contribution in [0.5, 0.6) is 0 Å². The highest BCUT2D eigenvalue weighted by Gasteiger charge is 2.30. The molecule has 3 rings (SSSR count). The van der Waals surface area contributed by atoms with Crippen molar-refractivity contribution in [3.63, 3.8) is 0 Å². The van der Waals surface area contributed by atoms with Crippen LogP contribution in [0.15, 0.2) is 28.8 Å². The van der Waals surface area contributed by atoms with Crippen LogP contribution in [0, 0.1) is 5.92 Å². The van der Waals surface area contributed by atoms with Crippen LogP contribution < -0.4 is 5.32 Å². The highest BCUT2D eigenvalue weighted by molar-refractivity contribution is 6.30. The highest BCUT2D eigenvalue weighted by Crippen LogP contribution is 2.29. The molecule has 1 aromatic carbocycles. The number of nitrogens with zero attached hydrogens (tertiary/aromatic N) is 2. The summed E-state index contributed by atoms with van der Waals surface area (Å²) in [7, 11) is 0. The van der Waals surface area contributed by atoms with Crippen molar-refractivity contribution in [3.8, 4) is 0 Å². The molecule has 1 saturated heterocycles. The molecule has 1 atom stereocenters. The number of amides is 1. The number of nitrogens with one attached hydrogen (secondary N) is 1. The molecule has 24 heavy (non-hydrogen) atoms. The summed E-state index contributed by atoms with van der Waals surface area (Å²) in [4.78, 5) is 16.0. The zero-order valence-electron chi connectivity index (χ0n) is 13.5. The molecule has 2 heterocycles. The van der Waals surface area contributed by atoms with Crippen LogP contribution in [0.1, 0.15) is 43.1 Å². The summed E-state index contributed by atoms with van der Waals surface area (Å²) < 4.78 is 10.8. The minimum atomic E-state index is -0.266. The van der Waals surface area contributed by atoms with Gasteiger partial charge in [0.2, 0.25) is 11.8 Å². The number of benzene rings is 1. The maximum Gasteiger partial charge on any atom is 0.249 e. The molecule has 6 nitrogen and oxygen atoms in total. The van der Waals surface area contributed by atoms with Crippen molar-refractivity contribution in [2.24, 2.45) is 5.92 Å². The number of halogens is 1. The lowest BCUT2D eigenvalue weighted by Gasteiger charge is -2.28. The van der Waals surface area contributed by atoms with E-state index in [1.807, 2.05) is 24.3 Å². The Hall–Kier alpha value is -1.92. The maximum atomic E-state index is 11.6. The molecule has 0 unspecified atom stereocenters. The van der Waals surface area contributed by atoms with Crippen molar-refractivity contribution in [1.29, 1.82) is 0 Å². The van der Waals surface area contributed by atoms with Crippen molar-refractivity contribution in [3.05, 3.63) is 46.6 Å². The number of ether oxygens (including phenoxy) is 1. The zero-order valence-corrected chi connectivity index (χ0v) is 14.3. The SMILES string of the molecule is CC(=O)N[C@H](c1nc(Cc2ccc(Cl)cc2)no1)C1CCOCC1. The molecule has 1 amide bonds. The smallest absolute Gasteiger partial charge is 0.249 e. The predicted octanol–water partition coefficient (Wildman–Crippen LogP) is 2.92. The lowest BCUT2D eigenvalue weighted by atomic mass is 9.91. The third-order valence-corrected chi connectivity index (χ3v) is 4.37. The number of carbonyl (C=O) groups excluding carboxylic acids is 1.